The van der Waals surface area contributed by atoms with Gasteiger partial charge >= 0.3 is 0 Å². The predicted molar refractivity (Wildman–Crippen MR) is 63.8 cm³/mol. The summed E-state index contributed by atoms with van der Waals surface area (Å²) in [5.41, 5.74) is 5.65. The number of benzene rings is 1. The molecular formula is C12H18F2N2O. The van der Waals surface area contributed by atoms with Crippen LogP contribution in [-0.2, 0) is 6.54 Å². The van der Waals surface area contributed by atoms with E-state index in [2.05, 4.69) is 0 Å². The minimum absolute atomic E-state index is 0.0931. The van der Waals surface area contributed by atoms with Gasteiger partial charge in [-0.1, -0.05) is 0 Å². The second-order valence-corrected chi connectivity index (χ2v) is 4.12. The predicted octanol–water partition coefficient (Wildman–Crippen LogP) is 1.63. The van der Waals surface area contributed by atoms with Crippen LogP contribution >= 0.6 is 0 Å². The Balaban J connectivity index is 3.19. The molecule has 1 aromatic carbocycles. The molecule has 5 heteroatoms. The maximum Gasteiger partial charge on any atom is 0.149 e. The molecule has 0 saturated heterocycles. The van der Waals surface area contributed by atoms with E-state index in [4.69, 9.17) is 10.8 Å². The Morgan fingerprint density at radius 3 is 2.18 bits per heavy atom. The van der Waals surface area contributed by atoms with Crippen molar-refractivity contribution in [3.8, 4) is 0 Å². The molecule has 1 rings (SSSR count). The van der Waals surface area contributed by atoms with Crippen molar-refractivity contribution >= 4 is 5.69 Å². The van der Waals surface area contributed by atoms with Gasteiger partial charge in [0.15, 0.2) is 0 Å². The fourth-order valence-electron chi connectivity index (χ4n) is 1.75. The lowest BCUT2D eigenvalue weighted by Gasteiger charge is -2.29. The van der Waals surface area contributed by atoms with E-state index in [1.54, 1.807) is 0 Å². The highest BCUT2D eigenvalue weighted by Crippen LogP contribution is 2.26. The van der Waals surface area contributed by atoms with Gasteiger partial charge in [0.2, 0.25) is 0 Å². The van der Waals surface area contributed by atoms with Gasteiger partial charge in [-0.15, -0.1) is 0 Å². The number of nitrogens with two attached hydrogens (primary N) is 1. The molecule has 3 nitrogen and oxygen atoms in total. The van der Waals surface area contributed by atoms with Gasteiger partial charge in [-0.3, -0.25) is 0 Å². The molecule has 3 N–H and O–H groups in total. The summed E-state index contributed by atoms with van der Waals surface area (Å²) in [5, 5.41) is 8.92. The zero-order chi connectivity index (χ0) is 13.0. The third-order valence-electron chi connectivity index (χ3n) is 2.56. The first kappa shape index (κ1) is 13.9. The normalized spacial score (nSPS) is 11.0. The molecule has 0 aromatic heterocycles. The van der Waals surface area contributed by atoms with E-state index in [1.165, 1.54) is 17.0 Å². The van der Waals surface area contributed by atoms with E-state index < -0.39 is 11.6 Å². The van der Waals surface area contributed by atoms with Crippen LogP contribution < -0.4 is 10.6 Å². The molecule has 0 radical (unpaired) electrons. The van der Waals surface area contributed by atoms with Gasteiger partial charge in [0, 0.05) is 19.1 Å². The highest BCUT2D eigenvalue weighted by atomic mass is 19.1. The van der Waals surface area contributed by atoms with Crippen LogP contribution in [-0.4, -0.2) is 24.3 Å². The van der Waals surface area contributed by atoms with E-state index in [9.17, 15) is 8.78 Å². The molecular weight excluding hydrogens is 226 g/mol. The van der Waals surface area contributed by atoms with Crippen LogP contribution in [0.15, 0.2) is 12.1 Å². The Labute approximate surface area is 99.8 Å². The zero-order valence-electron chi connectivity index (χ0n) is 10.1. The Kier molecular flexibility index (Phi) is 4.84. The summed E-state index contributed by atoms with van der Waals surface area (Å²) in [4.78, 5) is 1.49. The van der Waals surface area contributed by atoms with Crippen LogP contribution in [0.2, 0.25) is 0 Å². The maximum absolute atomic E-state index is 13.8. The summed E-state index contributed by atoms with van der Waals surface area (Å²) in [6.07, 6.45) is 0. The first-order valence-electron chi connectivity index (χ1n) is 5.56. The van der Waals surface area contributed by atoms with Crippen molar-refractivity contribution in [3.05, 3.63) is 29.3 Å². The van der Waals surface area contributed by atoms with E-state index >= 15 is 0 Å². The number of nitrogens with zero attached hydrogens (tertiary/aromatic N) is 1. The van der Waals surface area contributed by atoms with Gasteiger partial charge in [0.25, 0.3) is 0 Å². The van der Waals surface area contributed by atoms with Gasteiger partial charge < -0.3 is 15.7 Å². The lowest BCUT2D eigenvalue weighted by molar-refractivity contribution is 0.298. The Morgan fingerprint density at radius 2 is 1.82 bits per heavy atom. The van der Waals surface area contributed by atoms with Crippen molar-refractivity contribution in [2.45, 2.75) is 26.4 Å². The zero-order valence-corrected chi connectivity index (χ0v) is 10.1. The molecule has 0 aliphatic rings. The second-order valence-electron chi connectivity index (χ2n) is 4.12. The Hall–Kier alpha value is -1.20. The van der Waals surface area contributed by atoms with Crippen molar-refractivity contribution in [3.63, 3.8) is 0 Å². The van der Waals surface area contributed by atoms with Gasteiger partial charge in [-0.2, -0.15) is 0 Å². The van der Waals surface area contributed by atoms with E-state index in [-0.39, 0.29) is 31.4 Å². The van der Waals surface area contributed by atoms with Crippen LogP contribution in [0.3, 0.4) is 0 Å². The van der Waals surface area contributed by atoms with E-state index in [1.807, 2.05) is 13.8 Å². The molecule has 0 unspecified atom stereocenters. The number of halogens is 2. The van der Waals surface area contributed by atoms with Gasteiger partial charge in [-0.25, -0.2) is 8.78 Å². The molecule has 0 spiro atoms. The first-order valence-corrected chi connectivity index (χ1v) is 5.56. The van der Waals surface area contributed by atoms with Crippen LogP contribution in [0.4, 0.5) is 14.5 Å². The third-order valence-corrected chi connectivity index (χ3v) is 2.56. The Morgan fingerprint density at radius 1 is 1.29 bits per heavy atom. The molecule has 0 aliphatic heterocycles. The molecule has 0 heterocycles. The quantitative estimate of drug-likeness (QED) is 0.827. The summed E-state index contributed by atoms with van der Waals surface area (Å²) in [6, 6.07) is 2.35. The molecule has 17 heavy (non-hydrogen) atoms. The topological polar surface area (TPSA) is 49.5 Å². The van der Waals surface area contributed by atoms with E-state index in [0.717, 1.165) is 0 Å². The highest BCUT2D eigenvalue weighted by Gasteiger charge is 2.19. The molecule has 0 atom stereocenters. The number of aliphatic hydroxyl groups excluding tert-OH is 1. The van der Waals surface area contributed by atoms with Gasteiger partial charge in [-0.05, 0) is 31.5 Å². The molecule has 0 fully saturated rings. The number of hydrogen-bond donors (Lipinski definition) is 2. The molecule has 0 amide bonds. The summed E-state index contributed by atoms with van der Waals surface area (Å²) in [6.45, 7) is 3.75. The summed E-state index contributed by atoms with van der Waals surface area (Å²) >= 11 is 0. The third kappa shape index (κ3) is 3.14. The standard InChI is InChI=1S/C12H18F2N2O/c1-8(2)16(3-4-17)12-10(13)5-9(7-15)6-11(12)14/h5-6,8,17H,3-4,7,15H2,1-2H3. The minimum atomic E-state index is -0.646. The SMILES string of the molecule is CC(C)N(CCO)c1c(F)cc(CN)cc1F. The fourth-order valence-corrected chi connectivity index (χ4v) is 1.75. The van der Waals surface area contributed by atoms with Crippen LogP contribution in [0.25, 0.3) is 0 Å². The van der Waals surface area contributed by atoms with Crippen LogP contribution in [0, 0.1) is 11.6 Å². The Bertz CT molecular complexity index is 360. The van der Waals surface area contributed by atoms with E-state index in [0.29, 0.717) is 5.56 Å². The lowest BCUT2D eigenvalue weighted by atomic mass is 10.1. The minimum Gasteiger partial charge on any atom is -0.395 e. The first-order chi connectivity index (χ1) is 8.01. The van der Waals surface area contributed by atoms with Crippen molar-refractivity contribution in [2.24, 2.45) is 5.73 Å². The molecule has 0 bridgehead atoms. The number of anilines is 1. The number of aliphatic hydroxyl groups is 1. The number of rotatable bonds is 5. The molecule has 0 aliphatic carbocycles. The monoisotopic (exact) mass is 244 g/mol. The number of hydrogen-bond acceptors (Lipinski definition) is 3. The summed E-state index contributed by atoms with van der Waals surface area (Å²) < 4.78 is 27.6. The fraction of sp³-hybridized carbons (Fsp3) is 0.500. The lowest BCUT2D eigenvalue weighted by Crippen LogP contribution is -2.35. The average molecular weight is 244 g/mol. The van der Waals surface area contributed by atoms with Gasteiger partial charge in [0.05, 0.1) is 6.61 Å². The van der Waals surface area contributed by atoms with Crippen molar-refractivity contribution in [1.82, 2.24) is 0 Å². The van der Waals surface area contributed by atoms with Crippen molar-refractivity contribution in [2.75, 3.05) is 18.1 Å². The van der Waals surface area contributed by atoms with Gasteiger partial charge in [0.1, 0.15) is 17.3 Å². The van der Waals surface area contributed by atoms with Crippen LogP contribution in [0.1, 0.15) is 19.4 Å². The largest absolute Gasteiger partial charge is 0.395 e. The summed E-state index contributed by atoms with van der Waals surface area (Å²) in [7, 11) is 0. The summed E-state index contributed by atoms with van der Waals surface area (Å²) in [5.74, 6) is -1.29. The van der Waals surface area contributed by atoms with Crippen molar-refractivity contribution in [1.29, 1.82) is 0 Å². The smallest absolute Gasteiger partial charge is 0.149 e. The van der Waals surface area contributed by atoms with Crippen molar-refractivity contribution < 1.29 is 13.9 Å². The highest BCUT2D eigenvalue weighted by molar-refractivity contribution is 5.51. The molecule has 1 aromatic rings. The van der Waals surface area contributed by atoms with Crippen LogP contribution in [0.5, 0.6) is 0 Å². The molecule has 96 valence electrons. The second kappa shape index (κ2) is 5.93. The average Bonchev–Trinajstić information content (AvgIpc) is 2.26. The molecule has 0 saturated carbocycles. The maximum atomic E-state index is 13.8.